The van der Waals surface area contributed by atoms with Crippen molar-refractivity contribution in [1.82, 2.24) is 29.2 Å². The zero-order chi connectivity index (χ0) is 27.7. The van der Waals surface area contributed by atoms with Crippen molar-refractivity contribution in [3.63, 3.8) is 0 Å². The van der Waals surface area contributed by atoms with Crippen molar-refractivity contribution in [3.8, 4) is 22.9 Å². The van der Waals surface area contributed by atoms with E-state index in [0.29, 0.717) is 74.9 Å². The van der Waals surface area contributed by atoms with Crippen LogP contribution in [0, 0.1) is 11.6 Å². The Balaban J connectivity index is 1.25. The number of hydrogen-bond acceptors (Lipinski definition) is 9. The van der Waals surface area contributed by atoms with Crippen molar-refractivity contribution in [3.05, 3.63) is 66.1 Å². The van der Waals surface area contributed by atoms with Crippen LogP contribution in [0.15, 0.2) is 53.4 Å². The maximum Gasteiger partial charge on any atom is 0.217 e. The number of morpholine rings is 1. The van der Waals surface area contributed by atoms with Crippen LogP contribution in [0.1, 0.15) is 18.4 Å². The van der Waals surface area contributed by atoms with E-state index in [1.165, 1.54) is 16.6 Å². The highest BCUT2D eigenvalue weighted by Gasteiger charge is 2.36. The number of piperidine rings is 1. The summed E-state index contributed by atoms with van der Waals surface area (Å²) in [4.78, 5) is 10.4. The molecule has 5 heterocycles. The number of sulfonamides is 1. The third-order valence-corrected chi connectivity index (χ3v) is 9.60. The van der Waals surface area contributed by atoms with Crippen molar-refractivity contribution in [2.45, 2.75) is 24.6 Å². The van der Waals surface area contributed by atoms with E-state index in [9.17, 15) is 17.2 Å². The van der Waals surface area contributed by atoms with Crippen LogP contribution in [0.2, 0.25) is 0 Å². The molecule has 2 fully saturated rings. The van der Waals surface area contributed by atoms with Crippen LogP contribution in [-0.4, -0.2) is 82.3 Å². The van der Waals surface area contributed by atoms with Gasteiger partial charge in [-0.05, 0) is 25.0 Å². The molecule has 6 rings (SSSR count). The normalized spacial score (nSPS) is 17.4. The Bertz CT molecular complexity index is 1580. The van der Waals surface area contributed by atoms with E-state index >= 15 is 0 Å². The lowest BCUT2D eigenvalue weighted by molar-refractivity contribution is 0.0724. The van der Waals surface area contributed by atoms with E-state index in [1.54, 1.807) is 39.9 Å². The fourth-order valence-electron chi connectivity index (χ4n) is 5.07. The van der Waals surface area contributed by atoms with Crippen LogP contribution in [-0.2, 0) is 21.3 Å². The first kappa shape index (κ1) is 26.5. The van der Waals surface area contributed by atoms with Gasteiger partial charge in [-0.25, -0.2) is 27.2 Å². The van der Waals surface area contributed by atoms with Gasteiger partial charge in [0, 0.05) is 37.8 Å². The van der Waals surface area contributed by atoms with Gasteiger partial charge in [-0.15, -0.1) is 0 Å². The van der Waals surface area contributed by atoms with Crippen molar-refractivity contribution >= 4 is 15.8 Å². The second-order valence-corrected chi connectivity index (χ2v) is 11.9. The molecule has 4 aromatic rings. The Morgan fingerprint density at radius 3 is 2.48 bits per heavy atom. The molecule has 14 heteroatoms. The Morgan fingerprint density at radius 2 is 1.75 bits per heavy atom. The van der Waals surface area contributed by atoms with Gasteiger partial charge in [0.1, 0.15) is 23.5 Å². The minimum absolute atomic E-state index is 0.0823. The lowest BCUT2D eigenvalue weighted by Gasteiger charge is -2.36. The maximum atomic E-state index is 14.9. The van der Waals surface area contributed by atoms with Gasteiger partial charge in [0.25, 0.3) is 0 Å². The summed E-state index contributed by atoms with van der Waals surface area (Å²) in [6.07, 6.45) is 3.21. The molecule has 0 saturated carbocycles. The molecule has 0 unspecified atom stereocenters. The van der Waals surface area contributed by atoms with E-state index < -0.39 is 21.1 Å². The van der Waals surface area contributed by atoms with Crippen LogP contribution in [0.5, 0.6) is 0 Å². The molecule has 1 aromatic carbocycles. The van der Waals surface area contributed by atoms with Crippen LogP contribution in [0.4, 0.5) is 14.6 Å². The van der Waals surface area contributed by atoms with Crippen LogP contribution in [0.25, 0.3) is 22.9 Å². The quantitative estimate of drug-likeness (QED) is 0.330. The molecule has 40 heavy (non-hydrogen) atoms. The Labute approximate surface area is 229 Å². The zero-order valence-corrected chi connectivity index (χ0v) is 22.3. The number of nitrogens with zero attached hydrogens (tertiary/aromatic N) is 7. The first-order valence-corrected chi connectivity index (χ1v) is 14.5. The molecular formula is C26H27F2N7O4S. The first-order valence-electron chi connectivity index (χ1n) is 13.0. The standard InChI is InChI=1S/C26H27F2N7O4S/c27-20-4-2-1-3-18(20)17-35-24(22-7-12-39-32-22)15-23(31-35)25-29-16-21(28)26(30-25)33-8-5-19(6-9-33)40(36,37)34-10-13-38-14-11-34/h1-4,7,12,15-16,19H,5-6,8-11,13-14,17H2. The smallest absolute Gasteiger partial charge is 0.217 e. The third-order valence-electron chi connectivity index (χ3n) is 7.21. The number of aromatic nitrogens is 5. The number of hydrogen-bond donors (Lipinski definition) is 0. The third kappa shape index (κ3) is 5.21. The van der Waals surface area contributed by atoms with Gasteiger partial charge in [-0.2, -0.15) is 9.40 Å². The second kappa shape index (κ2) is 11.0. The predicted molar refractivity (Wildman–Crippen MR) is 141 cm³/mol. The minimum Gasteiger partial charge on any atom is -0.379 e. The summed E-state index contributed by atoms with van der Waals surface area (Å²) >= 11 is 0. The number of halogens is 2. The molecule has 0 N–H and O–H groups in total. The van der Waals surface area contributed by atoms with E-state index in [4.69, 9.17) is 9.26 Å². The molecule has 0 amide bonds. The van der Waals surface area contributed by atoms with E-state index in [0.717, 1.165) is 6.20 Å². The highest BCUT2D eigenvalue weighted by Crippen LogP contribution is 2.29. The van der Waals surface area contributed by atoms with Gasteiger partial charge >= 0.3 is 0 Å². The SMILES string of the molecule is O=S(=O)(C1CCN(c2nc(-c3cc(-c4ccon4)n(Cc4ccccc4F)n3)ncc2F)CC1)N1CCOCC1. The summed E-state index contributed by atoms with van der Waals surface area (Å²) < 4.78 is 68.8. The van der Waals surface area contributed by atoms with Crippen LogP contribution >= 0.6 is 0 Å². The summed E-state index contributed by atoms with van der Waals surface area (Å²) in [6.45, 7) is 2.26. The minimum atomic E-state index is -3.46. The molecule has 0 atom stereocenters. The molecule has 3 aromatic heterocycles. The fraction of sp³-hybridized carbons (Fsp3) is 0.385. The maximum absolute atomic E-state index is 14.9. The highest BCUT2D eigenvalue weighted by molar-refractivity contribution is 7.89. The largest absolute Gasteiger partial charge is 0.379 e. The number of ether oxygens (including phenoxy) is 1. The molecule has 0 radical (unpaired) electrons. The average molecular weight is 572 g/mol. The summed E-state index contributed by atoms with van der Waals surface area (Å²) in [6, 6.07) is 9.74. The van der Waals surface area contributed by atoms with Crippen molar-refractivity contribution in [2.24, 2.45) is 0 Å². The molecule has 0 bridgehead atoms. The van der Waals surface area contributed by atoms with Crippen LogP contribution in [0.3, 0.4) is 0 Å². The van der Waals surface area contributed by atoms with E-state index in [1.807, 2.05) is 0 Å². The summed E-state index contributed by atoms with van der Waals surface area (Å²) in [5, 5.41) is 8.04. The molecule has 2 saturated heterocycles. The van der Waals surface area contributed by atoms with Gasteiger partial charge < -0.3 is 14.2 Å². The van der Waals surface area contributed by atoms with Crippen molar-refractivity contribution in [2.75, 3.05) is 44.3 Å². The Kier molecular flexibility index (Phi) is 7.29. The Hall–Kier alpha value is -3.75. The number of benzene rings is 1. The van der Waals surface area contributed by atoms with E-state index in [-0.39, 0.29) is 24.0 Å². The topological polar surface area (TPSA) is 119 Å². The van der Waals surface area contributed by atoms with Gasteiger partial charge in [0.2, 0.25) is 10.0 Å². The molecule has 210 valence electrons. The first-order chi connectivity index (χ1) is 19.4. The fourth-order valence-corrected chi connectivity index (χ4v) is 6.95. The highest BCUT2D eigenvalue weighted by atomic mass is 32.2. The molecule has 0 spiro atoms. The zero-order valence-electron chi connectivity index (χ0n) is 21.5. The molecule has 11 nitrogen and oxygen atoms in total. The van der Waals surface area contributed by atoms with Gasteiger partial charge in [0.15, 0.2) is 17.5 Å². The van der Waals surface area contributed by atoms with Gasteiger partial charge in [-0.1, -0.05) is 23.4 Å². The monoisotopic (exact) mass is 571 g/mol. The number of rotatable bonds is 7. The predicted octanol–water partition coefficient (Wildman–Crippen LogP) is 2.95. The second-order valence-electron chi connectivity index (χ2n) is 9.66. The lowest BCUT2D eigenvalue weighted by atomic mass is 10.1. The van der Waals surface area contributed by atoms with Crippen molar-refractivity contribution in [1.29, 1.82) is 0 Å². The average Bonchev–Trinajstić information content (AvgIpc) is 3.66. The van der Waals surface area contributed by atoms with Crippen molar-refractivity contribution < 1.29 is 26.5 Å². The van der Waals surface area contributed by atoms with Gasteiger partial charge in [0.05, 0.1) is 36.9 Å². The molecular weight excluding hydrogens is 544 g/mol. The summed E-state index contributed by atoms with van der Waals surface area (Å²) in [5.41, 5.74) is 1.81. The molecule has 0 aliphatic carbocycles. The number of anilines is 1. The molecule has 2 aliphatic heterocycles. The summed E-state index contributed by atoms with van der Waals surface area (Å²) in [5.74, 6) is -0.721. The lowest BCUT2D eigenvalue weighted by Crippen LogP contribution is -2.49. The molecule has 2 aliphatic rings. The van der Waals surface area contributed by atoms with E-state index in [2.05, 4.69) is 20.2 Å². The summed E-state index contributed by atoms with van der Waals surface area (Å²) in [7, 11) is -3.46. The Morgan fingerprint density at radius 1 is 0.975 bits per heavy atom. The van der Waals surface area contributed by atoms with Crippen LogP contribution < -0.4 is 4.90 Å². The van der Waals surface area contributed by atoms with Gasteiger partial charge in [-0.3, -0.25) is 4.68 Å².